The van der Waals surface area contributed by atoms with Crippen molar-refractivity contribution in [3.05, 3.63) is 30.1 Å². The maximum atomic E-state index is 5.80. The number of imidazole rings is 1. The highest BCUT2D eigenvalue weighted by Crippen LogP contribution is 2.15. The third kappa shape index (κ3) is 7.42. The predicted octanol–water partition coefficient (Wildman–Crippen LogP) is 3.10. The van der Waals surface area contributed by atoms with E-state index in [9.17, 15) is 0 Å². The van der Waals surface area contributed by atoms with Crippen LogP contribution in [0.5, 0.6) is 0 Å². The maximum Gasteiger partial charge on any atom is 0.191 e. The number of fused-ring (bicyclic) bond motifs is 1. The lowest BCUT2D eigenvalue weighted by Crippen LogP contribution is -2.38. The van der Waals surface area contributed by atoms with E-state index >= 15 is 0 Å². The number of hydrogen-bond donors (Lipinski definition) is 2. The van der Waals surface area contributed by atoms with Crippen LogP contribution < -0.4 is 10.6 Å². The quantitative estimate of drug-likeness (QED) is 0.220. The van der Waals surface area contributed by atoms with Crippen LogP contribution in [0, 0.1) is 6.92 Å². The summed E-state index contributed by atoms with van der Waals surface area (Å²) in [6, 6.07) is 8.29. The molecule has 2 aromatic rings. The molecule has 2 N–H and O–H groups in total. The molecule has 7 nitrogen and oxygen atoms in total. The first-order valence-electron chi connectivity index (χ1n) is 10.4. The Kier molecular flexibility index (Phi) is 10.7. The van der Waals surface area contributed by atoms with Crippen molar-refractivity contribution in [1.82, 2.24) is 20.2 Å². The topological polar surface area (TPSA) is 72.7 Å². The van der Waals surface area contributed by atoms with Gasteiger partial charge in [0, 0.05) is 39.4 Å². The molecule has 0 saturated carbocycles. The molecule has 0 radical (unpaired) electrons. The standard InChI is InChI=1S/C21H33N5O2.HI/c1-3-22-21(24-12-7-14-28-18-10-15-27-16-18)23-11-6-13-26-17(2)25-19-8-4-5-9-20(19)26;/h4-5,8-9,18H,3,6-7,10-16H2,1-2H3,(H2,22,23,24);1H. The van der Waals surface area contributed by atoms with Gasteiger partial charge in [-0.3, -0.25) is 4.99 Å². The largest absolute Gasteiger partial charge is 0.379 e. The Hall–Kier alpha value is -1.39. The van der Waals surface area contributed by atoms with E-state index in [1.807, 2.05) is 6.07 Å². The number of benzene rings is 1. The third-order valence-electron chi connectivity index (χ3n) is 4.85. The van der Waals surface area contributed by atoms with E-state index in [4.69, 9.17) is 14.5 Å². The second kappa shape index (κ2) is 13.0. The Labute approximate surface area is 190 Å². The molecule has 0 aliphatic carbocycles. The fraction of sp³-hybridized carbons (Fsp3) is 0.619. The monoisotopic (exact) mass is 515 g/mol. The minimum absolute atomic E-state index is 0. The zero-order valence-corrected chi connectivity index (χ0v) is 19.9. The second-order valence-corrected chi connectivity index (χ2v) is 7.05. The van der Waals surface area contributed by atoms with E-state index < -0.39 is 0 Å². The fourth-order valence-corrected chi connectivity index (χ4v) is 3.41. The van der Waals surface area contributed by atoms with Gasteiger partial charge in [0.05, 0.1) is 23.7 Å². The van der Waals surface area contributed by atoms with Gasteiger partial charge in [-0.25, -0.2) is 4.98 Å². The molecule has 1 unspecified atom stereocenters. The molecule has 1 saturated heterocycles. The summed E-state index contributed by atoms with van der Waals surface area (Å²) in [5, 5.41) is 6.70. The van der Waals surface area contributed by atoms with Crippen LogP contribution in [-0.2, 0) is 16.0 Å². The number of ether oxygens (including phenoxy) is 2. The summed E-state index contributed by atoms with van der Waals surface area (Å²) >= 11 is 0. The van der Waals surface area contributed by atoms with Crippen LogP contribution in [0.15, 0.2) is 29.3 Å². The first-order chi connectivity index (χ1) is 13.8. The van der Waals surface area contributed by atoms with E-state index in [-0.39, 0.29) is 30.1 Å². The van der Waals surface area contributed by atoms with Gasteiger partial charge in [0.2, 0.25) is 0 Å². The van der Waals surface area contributed by atoms with Crippen LogP contribution >= 0.6 is 24.0 Å². The van der Waals surface area contributed by atoms with Gasteiger partial charge in [0.25, 0.3) is 0 Å². The molecule has 2 heterocycles. The highest BCUT2D eigenvalue weighted by molar-refractivity contribution is 14.0. The van der Waals surface area contributed by atoms with E-state index in [0.717, 1.165) is 82.6 Å². The minimum Gasteiger partial charge on any atom is -0.379 e. The van der Waals surface area contributed by atoms with Gasteiger partial charge in [0.1, 0.15) is 5.82 Å². The maximum absolute atomic E-state index is 5.80. The Morgan fingerprint density at radius 3 is 2.97 bits per heavy atom. The molecule has 0 spiro atoms. The molecule has 8 heteroatoms. The molecule has 1 atom stereocenters. The molecule has 1 aromatic heterocycles. The number of hydrogen-bond acceptors (Lipinski definition) is 4. The first-order valence-corrected chi connectivity index (χ1v) is 10.4. The van der Waals surface area contributed by atoms with Crippen LogP contribution in [0.4, 0.5) is 0 Å². The minimum atomic E-state index is 0. The number of aromatic nitrogens is 2. The van der Waals surface area contributed by atoms with E-state index in [2.05, 4.69) is 52.2 Å². The molecule has 1 fully saturated rings. The highest BCUT2D eigenvalue weighted by Gasteiger charge is 2.15. The third-order valence-corrected chi connectivity index (χ3v) is 4.85. The van der Waals surface area contributed by atoms with Gasteiger partial charge in [0.15, 0.2) is 5.96 Å². The zero-order chi connectivity index (χ0) is 19.6. The van der Waals surface area contributed by atoms with E-state index in [1.165, 1.54) is 5.52 Å². The molecule has 162 valence electrons. The van der Waals surface area contributed by atoms with Crippen molar-refractivity contribution in [3.63, 3.8) is 0 Å². The van der Waals surface area contributed by atoms with Gasteiger partial charge in [-0.05, 0) is 45.2 Å². The molecule has 0 amide bonds. The lowest BCUT2D eigenvalue weighted by molar-refractivity contribution is 0.0420. The summed E-state index contributed by atoms with van der Waals surface area (Å²) in [6.07, 6.45) is 3.23. The number of nitrogens with one attached hydrogen (secondary N) is 2. The molecule has 1 aliphatic heterocycles. The Morgan fingerprint density at radius 1 is 1.31 bits per heavy atom. The smallest absolute Gasteiger partial charge is 0.191 e. The summed E-state index contributed by atoms with van der Waals surface area (Å²) in [4.78, 5) is 9.32. The fourth-order valence-electron chi connectivity index (χ4n) is 3.41. The Bertz CT molecular complexity index is 759. The number of halogens is 1. The van der Waals surface area contributed by atoms with Gasteiger partial charge < -0.3 is 24.7 Å². The number of nitrogens with zero attached hydrogens (tertiary/aromatic N) is 3. The van der Waals surface area contributed by atoms with Crippen LogP contribution in [-0.4, -0.2) is 61.1 Å². The average molecular weight is 515 g/mol. The molecule has 1 aliphatic rings. The molecular weight excluding hydrogens is 481 g/mol. The Morgan fingerprint density at radius 2 is 2.17 bits per heavy atom. The lowest BCUT2D eigenvalue weighted by atomic mass is 10.3. The van der Waals surface area contributed by atoms with E-state index in [1.54, 1.807) is 0 Å². The second-order valence-electron chi connectivity index (χ2n) is 7.05. The first kappa shape index (κ1) is 23.9. The summed E-state index contributed by atoms with van der Waals surface area (Å²) in [5.74, 6) is 1.93. The zero-order valence-electron chi connectivity index (χ0n) is 17.5. The van der Waals surface area contributed by atoms with Crippen LogP contribution in [0.25, 0.3) is 11.0 Å². The van der Waals surface area contributed by atoms with Crippen molar-refractivity contribution in [1.29, 1.82) is 0 Å². The SMILES string of the molecule is CCNC(=NCCCn1c(C)nc2ccccc21)NCCCOC1CCOC1.I. The van der Waals surface area contributed by atoms with Crippen molar-refractivity contribution < 1.29 is 9.47 Å². The van der Waals surface area contributed by atoms with Crippen molar-refractivity contribution in [2.24, 2.45) is 4.99 Å². The molecule has 0 bridgehead atoms. The lowest BCUT2D eigenvalue weighted by Gasteiger charge is -2.13. The molecule has 29 heavy (non-hydrogen) atoms. The highest BCUT2D eigenvalue weighted by atomic mass is 127. The summed E-state index contributed by atoms with van der Waals surface area (Å²) in [7, 11) is 0. The number of para-hydroxylation sites is 2. The number of rotatable bonds is 10. The number of aryl methyl sites for hydroxylation is 2. The van der Waals surface area contributed by atoms with Gasteiger partial charge in [-0.2, -0.15) is 0 Å². The summed E-state index contributed by atoms with van der Waals surface area (Å²) < 4.78 is 13.4. The van der Waals surface area contributed by atoms with Crippen LogP contribution in [0.3, 0.4) is 0 Å². The number of aliphatic imine (C=N–C) groups is 1. The molecule has 3 rings (SSSR count). The molecular formula is C21H34IN5O2. The predicted molar refractivity (Wildman–Crippen MR) is 128 cm³/mol. The summed E-state index contributed by atoms with van der Waals surface area (Å²) in [6.45, 7) is 9.88. The molecule has 1 aromatic carbocycles. The summed E-state index contributed by atoms with van der Waals surface area (Å²) in [5.41, 5.74) is 2.26. The van der Waals surface area contributed by atoms with E-state index in [0.29, 0.717) is 0 Å². The van der Waals surface area contributed by atoms with Crippen LogP contribution in [0.1, 0.15) is 32.0 Å². The van der Waals surface area contributed by atoms with Gasteiger partial charge in [-0.15, -0.1) is 24.0 Å². The van der Waals surface area contributed by atoms with Crippen molar-refractivity contribution >= 4 is 41.0 Å². The number of guanidine groups is 1. The van der Waals surface area contributed by atoms with Gasteiger partial charge in [-0.1, -0.05) is 12.1 Å². The van der Waals surface area contributed by atoms with Crippen molar-refractivity contribution in [2.75, 3.05) is 39.5 Å². The van der Waals surface area contributed by atoms with Crippen LogP contribution in [0.2, 0.25) is 0 Å². The average Bonchev–Trinajstić information content (AvgIpc) is 3.32. The van der Waals surface area contributed by atoms with Crippen molar-refractivity contribution in [3.8, 4) is 0 Å². The Balaban J connectivity index is 0.00000300. The van der Waals surface area contributed by atoms with Crippen molar-refractivity contribution in [2.45, 2.75) is 45.8 Å². The van der Waals surface area contributed by atoms with Gasteiger partial charge >= 0.3 is 0 Å². The normalized spacial score (nSPS) is 16.8.